The molecule has 0 saturated carbocycles. The van der Waals surface area contributed by atoms with Crippen molar-refractivity contribution >= 4 is 27.1 Å². The third kappa shape index (κ3) is 3.32. The Morgan fingerprint density at radius 2 is 2.04 bits per heavy atom. The molecule has 3 heterocycles. The molecule has 0 spiro atoms. The van der Waals surface area contributed by atoms with Crippen LogP contribution in [-0.2, 0) is 16.3 Å². The summed E-state index contributed by atoms with van der Waals surface area (Å²) in [5.41, 5.74) is 3.31. The highest BCUT2D eigenvalue weighted by Crippen LogP contribution is 2.33. The van der Waals surface area contributed by atoms with Gasteiger partial charge in [-0.3, -0.25) is 9.78 Å². The number of benzene rings is 1. The van der Waals surface area contributed by atoms with Gasteiger partial charge in [0.2, 0.25) is 0 Å². The molecular weight excluding hydrogens is 362 g/mol. The maximum absolute atomic E-state index is 13.2. The van der Waals surface area contributed by atoms with E-state index in [4.69, 9.17) is 0 Å². The van der Waals surface area contributed by atoms with Gasteiger partial charge in [0.25, 0.3) is 5.91 Å². The molecule has 0 radical (unpaired) electrons. The fraction of sp³-hybridized carbons (Fsp3) is 0.400. The van der Waals surface area contributed by atoms with Crippen molar-refractivity contribution in [3.63, 3.8) is 0 Å². The van der Waals surface area contributed by atoms with Crippen LogP contribution in [0.25, 0.3) is 0 Å². The highest BCUT2D eigenvalue weighted by atomic mass is 32.2. The standard InChI is InChI=1S/C20H23N3O3S/c1-14-11-15-5-3-4-6-19(15)23(14)20(24)18-12-16(7-9-21-18)22(2)17-8-10-27(25,26)13-17/h3-7,9,12,14,17H,8,10-11,13H2,1-2H3. The average molecular weight is 385 g/mol. The molecule has 2 atom stereocenters. The van der Waals surface area contributed by atoms with Gasteiger partial charge in [-0.1, -0.05) is 18.2 Å². The summed E-state index contributed by atoms with van der Waals surface area (Å²) in [6, 6.07) is 11.6. The van der Waals surface area contributed by atoms with Gasteiger partial charge in [-0.05, 0) is 43.5 Å². The monoisotopic (exact) mass is 385 g/mol. The third-order valence-corrected chi connectivity index (χ3v) is 7.30. The van der Waals surface area contributed by atoms with Crippen LogP contribution >= 0.6 is 0 Å². The molecule has 2 aromatic rings. The third-order valence-electron chi connectivity index (χ3n) is 5.55. The molecule has 2 aliphatic rings. The summed E-state index contributed by atoms with van der Waals surface area (Å²) >= 11 is 0. The van der Waals surface area contributed by atoms with Gasteiger partial charge in [-0.15, -0.1) is 0 Å². The summed E-state index contributed by atoms with van der Waals surface area (Å²) in [7, 11) is -1.08. The van der Waals surface area contributed by atoms with E-state index in [0.717, 1.165) is 17.8 Å². The number of para-hydroxylation sites is 1. The van der Waals surface area contributed by atoms with Crippen molar-refractivity contribution in [3.8, 4) is 0 Å². The van der Waals surface area contributed by atoms with Gasteiger partial charge in [0.15, 0.2) is 9.84 Å². The zero-order chi connectivity index (χ0) is 19.2. The number of hydrogen-bond acceptors (Lipinski definition) is 5. The Hall–Kier alpha value is -2.41. The summed E-state index contributed by atoms with van der Waals surface area (Å²) in [5, 5.41) is 0. The number of carbonyl (C=O) groups excluding carboxylic acids is 1. The lowest BCUT2D eigenvalue weighted by molar-refractivity contribution is 0.0976. The van der Waals surface area contributed by atoms with E-state index in [1.165, 1.54) is 5.56 Å². The van der Waals surface area contributed by atoms with Crippen molar-refractivity contribution in [2.75, 3.05) is 28.4 Å². The van der Waals surface area contributed by atoms with E-state index < -0.39 is 9.84 Å². The molecule has 1 aromatic carbocycles. The first-order valence-corrected chi connectivity index (χ1v) is 11.0. The number of pyridine rings is 1. The molecule has 142 valence electrons. The number of sulfone groups is 1. The fourth-order valence-corrected chi connectivity index (χ4v) is 5.82. The molecule has 1 aromatic heterocycles. The number of anilines is 2. The number of aromatic nitrogens is 1. The molecule has 6 nitrogen and oxygen atoms in total. The number of nitrogens with zero attached hydrogens (tertiary/aromatic N) is 3. The summed E-state index contributed by atoms with van der Waals surface area (Å²) in [5.74, 6) is 0.258. The van der Waals surface area contributed by atoms with Crippen molar-refractivity contribution in [1.82, 2.24) is 4.98 Å². The topological polar surface area (TPSA) is 70.6 Å². The molecule has 0 bridgehead atoms. The summed E-state index contributed by atoms with van der Waals surface area (Å²) in [6.45, 7) is 2.04. The van der Waals surface area contributed by atoms with Gasteiger partial charge < -0.3 is 9.80 Å². The van der Waals surface area contributed by atoms with E-state index in [1.54, 1.807) is 12.3 Å². The van der Waals surface area contributed by atoms with Crippen LogP contribution in [0.15, 0.2) is 42.6 Å². The van der Waals surface area contributed by atoms with Gasteiger partial charge in [-0.2, -0.15) is 0 Å². The number of rotatable bonds is 3. The quantitative estimate of drug-likeness (QED) is 0.811. The Labute approximate surface area is 159 Å². The van der Waals surface area contributed by atoms with E-state index in [9.17, 15) is 13.2 Å². The molecule has 2 aliphatic heterocycles. The number of amides is 1. The Balaban J connectivity index is 1.60. The van der Waals surface area contributed by atoms with Crippen LogP contribution < -0.4 is 9.80 Å². The first-order valence-electron chi connectivity index (χ1n) is 9.16. The Morgan fingerprint density at radius 1 is 1.26 bits per heavy atom. The van der Waals surface area contributed by atoms with Crippen LogP contribution in [0, 0.1) is 0 Å². The van der Waals surface area contributed by atoms with E-state index in [-0.39, 0.29) is 29.5 Å². The second-order valence-corrected chi connectivity index (χ2v) is 9.65. The van der Waals surface area contributed by atoms with Crippen molar-refractivity contribution in [3.05, 3.63) is 53.9 Å². The molecule has 2 unspecified atom stereocenters. The van der Waals surface area contributed by atoms with Gasteiger partial charge in [0.05, 0.1) is 11.5 Å². The Kier molecular flexibility index (Phi) is 4.42. The first kappa shape index (κ1) is 18.0. The maximum atomic E-state index is 13.2. The summed E-state index contributed by atoms with van der Waals surface area (Å²) in [4.78, 5) is 21.2. The van der Waals surface area contributed by atoms with Crippen molar-refractivity contribution < 1.29 is 13.2 Å². The van der Waals surface area contributed by atoms with Gasteiger partial charge in [0.1, 0.15) is 5.69 Å². The second kappa shape index (κ2) is 6.64. The molecule has 0 aliphatic carbocycles. The van der Waals surface area contributed by atoms with Crippen molar-refractivity contribution in [2.45, 2.75) is 31.8 Å². The largest absolute Gasteiger partial charge is 0.370 e. The van der Waals surface area contributed by atoms with Crippen LogP contribution in [0.3, 0.4) is 0 Å². The predicted octanol–water partition coefficient (Wildman–Crippen LogP) is 2.30. The van der Waals surface area contributed by atoms with E-state index >= 15 is 0 Å². The zero-order valence-corrected chi connectivity index (χ0v) is 16.3. The molecule has 7 heteroatoms. The van der Waals surface area contributed by atoms with Crippen LogP contribution in [-0.4, -0.2) is 49.9 Å². The highest BCUT2D eigenvalue weighted by Gasteiger charge is 2.33. The van der Waals surface area contributed by atoms with Gasteiger partial charge in [0, 0.05) is 36.7 Å². The summed E-state index contributed by atoms with van der Waals surface area (Å²) < 4.78 is 23.6. The molecule has 27 heavy (non-hydrogen) atoms. The molecule has 0 N–H and O–H groups in total. The lowest BCUT2D eigenvalue weighted by Gasteiger charge is -2.27. The van der Waals surface area contributed by atoms with Gasteiger partial charge in [-0.25, -0.2) is 8.42 Å². The first-order chi connectivity index (χ1) is 12.9. The second-order valence-electron chi connectivity index (χ2n) is 7.42. The minimum absolute atomic E-state index is 0.0632. The Morgan fingerprint density at radius 3 is 2.78 bits per heavy atom. The molecule has 1 amide bonds. The molecular formula is C20H23N3O3S. The highest BCUT2D eigenvalue weighted by molar-refractivity contribution is 7.91. The molecule has 1 fully saturated rings. The van der Waals surface area contributed by atoms with E-state index in [0.29, 0.717) is 12.1 Å². The molecule has 1 saturated heterocycles. The predicted molar refractivity (Wildman–Crippen MR) is 106 cm³/mol. The molecule has 4 rings (SSSR count). The Bertz CT molecular complexity index is 989. The number of hydrogen-bond donors (Lipinski definition) is 0. The lowest BCUT2D eigenvalue weighted by atomic mass is 10.1. The minimum atomic E-state index is -2.96. The van der Waals surface area contributed by atoms with E-state index in [2.05, 4.69) is 11.1 Å². The lowest BCUT2D eigenvalue weighted by Crippen LogP contribution is -2.37. The maximum Gasteiger partial charge on any atom is 0.277 e. The minimum Gasteiger partial charge on any atom is -0.370 e. The van der Waals surface area contributed by atoms with Crippen LogP contribution in [0.5, 0.6) is 0 Å². The van der Waals surface area contributed by atoms with Crippen molar-refractivity contribution in [2.24, 2.45) is 0 Å². The summed E-state index contributed by atoms with van der Waals surface area (Å²) in [6.07, 6.45) is 3.07. The van der Waals surface area contributed by atoms with Gasteiger partial charge >= 0.3 is 0 Å². The fourth-order valence-electron chi connectivity index (χ4n) is 4.05. The van der Waals surface area contributed by atoms with Crippen LogP contribution in [0.2, 0.25) is 0 Å². The normalized spacial score (nSPS) is 23.3. The van der Waals surface area contributed by atoms with Crippen molar-refractivity contribution in [1.29, 1.82) is 0 Å². The number of carbonyl (C=O) groups is 1. The van der Waals surface area contributed by atoms with Crippen LogP contribution in [0.4, 0.5) is 11.4 Å². The SMILES string of the molecule is CC1Cc2ccccc2N1C(=O)c1cc(N(C)C2CCS(=O)(=O)C2)ccn1. The smallest absolute Gasteiger partial charge is 0.277 e. The number of fused-ring (bicyclic) bond motifs is 1. The average Bonchev–Trinajstić information content (AvgIpc) is 3.19. The van der Waals surface area contributed by atoms with E-state index in [1.807, 2.05) is 48.0 Å². The zero-order valence-electron chi connectivity index (χ0n) is 15.5. The van der Waals surface area contributed by atoms with Crippen LogP contribution in [0.1, 0.15) is 29.4 Å².